The zero-order chi connectivity index (χ0) is 13.9. The van der Waals surface area contributed by atoms with Gasteiger partial charge in [-0.2, -0.15) is 0 Å². The van der Waals surface area contributed by atoms with E-state index >= 15 is 0 Å². The fourth-order valence-corrected chi connectivity index (χ4v) is 3.64. The number of carbonyl (C=O) groups is 1. The number of carbonyl (C=O) groups excluding carboxylic acids is 1. The van der Waals surface area contributed by atoms with Crippen molar-refractivity contribution in [2.45, 2.75) is 25.8 Å². The van der Waals surface area contributed by atoms with Crippen LogP contribution in [0, 0.1) is 6.92 Å². The molecule has 1 unspecified atom stereocenters. The molecule has 1 atom stereocenters. The first-order valence-electron chi connectivity index (χ1n) is 6.11. The number of nitrogens with zero attached hydrogens (tertiary/aromatic N) is 1. The lowest BCUT2D eigenvalue weighted by Crippen LogP contribution is -2.36. The lowest BCUT2D eigenvalue weighted by Gasteiger charge is -2.10. The van der Waals surface area contributed by atoms with Gasteiger partial charge in [-0.05, 0) is 13.3 Å². The van der Waals surface area contributed by atoms with E-state index in [1.807, 2.05) is 0 Å². The summed E-state index contributed by atoms with van der Waals surface area (Å²) in [5, 5.41) is 9.42. The topological polar surface area (TPSA) is 101 Å². The molecule has 1 fully saturated rings. The van der Waals surface area contributed by atoms with E-state index in [4.69, 9.17) is 4.52 Å². The third kappa shape index (κ3) is 4.23. The molecule has 7 nitrogen and oxygen atoms in total. The summed E-state index contributed by atoms with van der Waals surface area (Å²) in [7, 11) is -2.95. The maximum absolute atomic E-state index is 11.6. The maximum atomic E-state index is 11.6. The number of anilines is 1. The van der Waals surface area contributed by atoms with Crippen LogP contribution in [0.1, 0.15) is 18.6 Å². The van der Waals surface area contributed by atoms with Crippen molar-refractivity contribution in [3.63, 3.8) is 0 Å². The van der Waals surface area contributed by atoms with Crippen molar-refractivity contribution in [2.24, 2.45) is 0 Å². The van der Waals surface area contributed by atoms with Crippen LogP contribution in [0.15, 0.2) is 10.6 Å². The molecule has 2 N–H and O–H groups in total. The molecule has 0 radical (unpaired) electrons. The van der Waals surface area contributed by atoms with Crippen LogP contribution in [0.4, 0.5) is 5.82 Å². The summed E-state index contributed by atoms with van der Waals surface area (Å²) in [5.74, 6) is 1.34. The zero-order valence-electron chi connectivity index (χ0n) is 10.7. The van der Waals surface area contributed by atoms with Gasteiger partial charge in [0, 0.05) is 25.1 Å². The largest absolute Gasteiger partial charge is 0.367 e. The number of rotatable bonds is 5. The molecule has 106 valence electrons. The molecule has 1 amide bonds. The number of nitrogens with one attached hydrogen (secondary N) is 2. The molecule has 2 heterocycles. The highest BCUT2D eigenvalue weighted by molar-refractivity contribution is 7.91. The second-order valence-electron chi connectivity index (χ2n) is 4.67. The molecule has 0 spiro atoms. The zero-order valence-corrected chi connectivity index (χ0v) is 11.5. The van der Waals surface area contributed by atoms with Crippen molar-refractivity contribution in [2.75, 3.05) is 23.4 Å². The lowest BCUT2D eigenvalue weighted by atomic mass is 10.2. The van der Waals surface area contributed by atoms with Crippen LogP contribution in [-0.2, 0) is 14.6 Å². The van der Waals surface area contributed by atoms with Gasteiger partial charge in [-0.25, -0.2) is 8.42 Å². The predicted octanol–water partition coefficient (Wildman–Crippen LogP) is 0.0883. The number of hydrogen-bond donors (Lipinski definition) is 2. The molecule has 0 saturated carbocycles. The predicted molar refractivity (Wildman–Crippen MR) is 69.5 cm³/mol. The lowest BCUT2D eigenvalue weighted by molar-refractivity contribution is -0.121. The summed E-state index contributed by atoms with van der Waals surface area (Å²) in [6.07, 6.45) is 0.770. The summed E-state index contributed by atoms with van der Waals surface area (Å²) in [6, 6.07) is 1.49. The Bertz CT molecular complexity index is 552. The monoisotopic (exact) mass is 287 g/mol. The molecule has 1 aromatic heterocycles. The van der Waals surface area contributed by atoms with Crippen LogP contribution in [0.3, 0.4) is 0 Å². The van der Waals surface area contributed by atoms with Crippen LogP contribution in [0.5, 0.6) is 0 Å². The highest BCUT2D eigenvalue weighted by Gasteiger charge is 2.28. The molecule has 0 aromatic carbocycles. The highest BCUT2D eigenvalue weighted by Crippen LogP contribution is 2.11. The van der Waals surface area contributed by atoms with Crippen LogP contribution in [0.2, 0.25) is 0 Å². The van der Waals surface area contributed by atoms with Crippen molar-refractivity contribution in [1.29, 1.82) is 0 Å². The Labute approximate surface area is 111 Å². The van der Waals surface area contributed by atoms with E-state index in [2.05, 4.69) is 15.8 Å². The van der Waals surface area contributed by atoms with Crippen LogP contribution >= 0.6 is 0 Å². The van der Waals surface area contributed by atoms with Crippen LogP contribution in [0.25, 0.3) is 0 Å². The molecule has 19 heavy (non-hydrogen) atoms. The minimum Gasteiger partial charge on any atom is -0.367 e. The summed E-state index contributed by atoms with van der Waals surface area (Å²) >= 11 is 0. The Morgan fingerprint density at radius 1 is 1.58 bits per heavy atom. The fourth-order valence-electron chi connectivity index (χ4n) is 1.96. The first-order valence-corrected chi connectivity index (χ1v) is 7.94. The van der Waals surface area contributed by atoms with E-state index in [1.54, 1.807) is 13.0 Å². The number of sulfone groups is 1. The average Bonchev–Trinajstić information content (AvgIpc) is 2.85. The minimum absolute atomic E-state index is 0.0502. The van der Waals surface area contributed by atoms with E-state index in [0.29, 0.717) is 24.5 Å². The normalized spacial score (nSPS) is 21.2. The van der Waals surface area contributed by atoms with Gasteiger partial charge in [-0.3, -0.25) is 4.79 Å². The van der Waals surface area contributed by atoms with Gasteiger partial charge in [-0.1, -0.05) is 5.16 Å². The number of aromatic nitrogens is 1. The van der Waals surface area contributed by atoms with E-state index in [9.17, 15) is 13.2 Å². The quantitative estimate of drug-likeness (QED) is 0.796. The second-order valence-corrected chi connectivity index (χ2v) is 6.90. The van der Waals surface area contributed by atoms with Gasteiger partial charge in [0.2, 0.25) is 5.91 Å². The van der Waals surface area contributed by atoms with Crippen LogP contribution in [-0.4, -0.2) is 43.6 Å². The van der Waals surface area contributed by atoms with Gasteiger partial charge >= 0.3 is 0 Å². The molecule has 0 aliphatic carbocycles. The van der Waals surface area contributed by atoms with Gasteiger partial charge in [0.15, 0.2) is 15.7 Å². The maximum Gasteiger partial charge on any atom is 0.222 e. The fraction of sp³-hybridized carbons (Fsp3) is 0.636. The van der Waals surface area contributed by atoms with Crippen molar-refractivity contribution >= 4 is 21.6 Å². The third-order valence-electron chi connectivity index (χ3n) is 2.88. The summed E-state index contributed by atoms with van der Waals surface area (Å²) in [5.41, 5.74) is 0. The van der Waals surface area contributed by atoms with E-state index in [1.165, 1.54) is 0 Å². The van der Waals surface area contributed by atoms with Gasteiger partial charge < -0.3 is 15.2 Å². The molecular weight excluding hydrogens is 270 g/mol. The van der Waals surface area contributed by atoms with Gasteiger partial charge in [0.25, 0.3) is 0 Å². The van der Waals surface area contributed by atoms with Crippen molar-refractivity contribution in [3.8, 4) is 0 Å². The Morgan fingerprint density at radius 2 is 2.37 bits per heavy atom. The van der Waals surface area contributed by atoms with E-state index in [-0.39, 0.29) is 29.9 Å². The highest BCUT2D eigenvalue weighted by atomic mass is 32.2. The van der Waals surface area contributed by atoms with Crippen molar-refractivity contribution < 1.29 is 17.7 Å². The summed E-state index contributed by atoms with van der Waals surface area (Å²) in [4.78, 5) is 11.6. The SMILES string of the molecule is Cc1cc(NCCC(=O)NC2CCS(=O)(=O)C2)no1. The molecule has 1 aliphatic heterocycles. The molecule has 1 aromatic rings. The Kier molecular flexibility index (Phi) is 4.08. The number of hydrogen-bond acceptors (Lipinski definition) is 6. The van der Waals surface area contributed by atoms with Gasteiger partial charge in [0.1, 0.15) is 5.76 Å². The Morgan fingerprint density at radius 3 is 2.95 bits per heavy atom. The molecule has 1 aliphatic rings. The van der Waals surface area contributed by atoms with Crippen molar-refractivity contribution in [1.82, 2.24) is 10.5 Å². The smallest absolute Gasteiger partial charge is 0.222 e. The van der Waals surface area contributed by atoms with Crippen molar-refractivity contribution in [3.05, 3.63) is 11.8 Å². The number of aryl methyl sites for hydroxylation is 1. The Balaban J connectivity index is 1.68. The third-order valence-corrected chi connectivity index (χ3v) is 4.65. The first kappa shape index (κ1) is 13.9. The first-order chi connectivity index (χ1) is 8.94. The van der Waals surface area contributed by atoms with Gasteiger partial charge in [-0.15, -0.1) is 0 Å². The van der Waals surface area contributed by atoms with Crippen LogP contribution < -0.4 is 10.6 Å². The summed E-state index contributed by atoms with van der Waals surface area (Å²) in [6.45, 7) is 2.21. The summed E-state index contributed by atoms with van der Waals surface area (Å²) < 4.78 is 27.4. The minimum atomic E-state index is -2.95. The molecule has 0 bridgehead atoms. The molecule has 1 saturated heterocycles. The number of amides is 1. The Hall–Kier alpha value is -1.57. The van der Waals surface area contributed by atoms with E-state index < -0.39 is 9.84 Å². The standard InChI is InChI=1S/C11H17N3O4S/c1-8-6-10(14-18-8)12-4-2-11(15)13-9-3-5-19(16,17)7-9/h6,9H,2-5,7H2,1H3,(H,12,14)(H,13,15). The molecule has 2 rings (SSSR count). The average molecular weight is 287 g/mol. The molecular formula is C11H17N3O4S. The van der Waals surface area contributed by atoms with E-state index in [0.717, 1.165) is 0 Å². The molecule has 8 heteroatoms. The second kappa shape index (κ2) is 5.60. The van der Waals surface area contributed by atoms with Gasteiger partial charge in [0.05, 0.1) is 11.5 Å².